The van der Waals surface area contributed by atoms with E-state index >= 15 is 0 Å². The number of aliphatic carboxylic acids is 1. The topological polar surface area (TPSA) is 53.4 Å². The summed E-state index contributed by atoms with van der Waals surface area (Å²) in [6.45, 7) is 5.40. The van der Waals surface area contributed by atoms with Gasteiger partial charge in [0.25, 0.3) is 0 Å². The molecule has 2 rings (SSSR count). The molecule has 5 heteroatoms. The minimum absolute atomic E-state index is 0.523. The quantitative estimate of drug-likeness (QED) is 0.857. The van der Waals surface area contributed by atoms with Gasteiger partial charge in [-0.2, -0.15) is 0 Å². The van der Waals surface area contributed by atoms with E-state index in [4.69, 9.17) is 0 Å². The van der Waals surface area contributed by atoms with Crippen molar-refractivity contribution in [1.29, 1.82) is 0 Å². The average molecular weight is 232 g/mol. The third kappa shape index (κ3) is 2.33. The van der Waals surface area contributed by atoms with Gasteiger partial charge in [0, 0.05) is 0 Å². The van der Waals surface area contributed by atoms with Gasteiger partial charge in [-0.1, -0.05) is 0 Å². The molecule has 0 aromatic carbocycles. The fourth-order valence-electron chi connectivity index (χ4n) is 2.42. The molecule has 0 saturated carbocycles. The Morgan fingerprint density at radius 1 is 1.59 bits per heavy atom. The van der Waals surface area contributed by atoms with E-state index < -0.39 is 11.4 Å². The van der Waals surface area contributed by atoms with E-state index in [9.17, 15) is 9.90 Å². The van der Waals surface area contributed by atoms with Gasteiger partial charge in [0.05, 0.1) is 0 Å². The maximum atomic E-state index is 11.3. The molecule has 0 bridgehead atoms. The molecule has 1 saturated heterocycles. The zero-order valence-electron chi connectivity index (χ0n) is 10.1. The number of piperidine rings is 1. The molecule has 0 amide bonds. The van der Waals surface area contributed by atoms with Crippen molar-refractivity contribution < 1.29 is 9.90 Å². The Morgan fingerprint density at radius 2 is 2.29 bits per heavy atom. The van der Waals surface area contributed by atoms with Gasteiger partial charge in [-0.15, -0.1) is 0 Å². The van der Waals surface area contributed by atoms with E-state index in [0.29, 0.717) is 19.3 Å². The van der Waals surface area contributed by atoms with Crippen molar-refractivity contribution in [2.75, 3.05) is 18.0 Å². The second kappa shape index (κ2) is 4.86. The van der Waals surface area contributed by atoms with Crippen LogP contribution in [0.1, 0.15) is 26.2 Å². The fraction of sp³-hybridized carbons (Fsp3) is 0.583. The van der Waals surface area contributed by atoms with E-state index in [1.807, 2.05) is 25.9 Å². The van der Waals surface area contributed by atoms with Gasteiger partial charge < -0.3 is 0 Å². The molecule has 2 heterocycles. The van der Waals surface area contributed by atoms with Gasteiger partial charge in [-0.3, -0.25) is 0 Å². The van der Waals surface area contributed by atoms with Crippen LogP contribution < -0.4 is 4.90 Å². The summed E-state index contributed by atoms with van der Waals surface area (Å²) in [4.78, 5) is 17.8. The van der Waals surface area contributed by atoms with Gasteiger partial charge in [-0.25, -0.2) is 0 Å². The summed E-state index contributed by atoms with van der Waals surface area (Å²) in [7, 11) is 0. The minimum atomic E-state index is -0.652. The molecule has 0 spiro atoms. The molecule has 0 aliphatic carbocycles. The number of anilines is 1. The SMILES string of the molecule is CCC1(C(=O)O)CCN(c2ccbcn2)CC1. The summed E-state index contributed by atoms with van der Waals surface area (Å²) in [6, 6.07) is 1.97. The normalized spacial score (nSPS) is 18.8. The molecular weight excluding hydrogens is 215 g/mol. The summed E-state index contributed by atoms with van der Waals surface area (Å²) < 4.78 is 0. The van der Waals surface area contributed by atoms with Crippen LogP contribution in [0.3, 0.4) is 0 Å². The number of carboxylic acids is 1. The molecule has 0 radical (unpaired) electrons. The number of hydrogen-bond acceptors (Lipinski definition) is 3. The molecule has 1 fully saturated rings. The van der Waals surface area contributed by atoms with Gasteiger partial charge in [-0.05, 0) is 0 Å². The summed E-state index contributed by atoms with van der Waals surface area (Å²) in [5, 5.41) is 9.31. The van der Waals surface area contributed by atoms with Crippen molar-refractivity contribution in [3.05, 3.63) is 18.1 Å². The van der Waals surface area contributed by atoms with Crippen LogP contribution in [-0.2, 0) is 4.79 Å². The Kier molecular flexibility index (Phi) is 3.45. The standard InChI is InChI=1S/C12H17BN2O2/c1-2-12(11(16)17)4-7-15(8-5-12)10-3-6-13-9-14-10/h3,6,9H,2,4-5,7-8H2,1H3,(H,16,17). The molecular formula is C12H17BN2O2. The number of carboxylic acid groups (broad SMARTS) is 1. The average Bonchev–Trinajstić information content (AvgIpc) is 2.39. The predicted molar refractivity (Wildman–Crippen MR) is 67.4 cm³/mol. The molecule has 1 aromatic heterocycles. The predicted octanol–water partition coefficient (Wildman–Crippen LogP) is 1.50. The number of hydrogen-bond donors (Lipinski definition) is 1. The van der Waals surface area contributed by atoms with Crippen LogP contribution in [0, 0.1) is 5.41 Å². The molecule has 90 valence electrons. The van der Waals surface area contributed by atoms with E-state index in [2.05, 4.69) is 9.88 Å². The first-order chi connectivity index (χ1) is 8.18. The van der Waals surface area contributed by atoms with Gasteiger partial charge in [0.2, 0.25) is 0 Å². The van der Waals surface area contributed by atoms with Gasteiger partial charge >= 0.3 is 101 Å². The number of rotatable bonds is 3. The second-order valence-corrected chi connectivity index (χ2v) is 4.61. The summed E-state index contributed by atoms with van der Waals surface area (Å²) in [6.07, 6.45) is 3.89. The Bertz CT molecular complexity index is 389. The van der Waals surface area contributed by atoms with Crippen molar-refractivity contribution >= 4 is 18.7 Å². The Labute approximate surface area is 102 Å². The monoisotopic (exact) mass is 232 g/mol. The Balaban J connectivity index is 2.05. The molecule has 1 aliphatic heterocycles. The third-order valence-electron chi connectivity index (χ3n) is 3.82. The van der Waals surface area contributed by atoms with Crippen molar-refractivity contribution in [2.45, 2.75) is 26.2 Å². The van der Waals surface area contributed by atoms with Crippen LogP contribution in [0.4, 0.5) is 5.82 Å². The van der Waals surface area contributed by atoms with Crippen molar-refractivity contribution in [1.82, 2.24) is 4.98 Å². The second-order valence-electron chi connectivity index (χ2n) is 4.61. The molecule has 0 atom stereocenters. The van der Waals surface area contributed by atoms with E-state index in [-0.39, 0.29) is 0 Å². The van der Waals surface area contributed by atoms with Crippen molar-refractivity contribution in [3.8, 4) is 0 Å². The summed E-state index contributed by atoms with van der Waals surface area (Å²) in [5.74, 6) is 2.25. The Hall–Kier alpha value is -1.39. The van der Waals surface area contributed by atoms with Crippen molar-refractivity contribution in [2.24, 2.45) is 5.41 Å². The first-order valence-electron chi connectivity index (χ1n) is 6.07. The van der Waals surface area contributed by atoms with E-state index in [1.54, 1.807) is 6.09 Å². The third-order valence-corrected chi connectivity index (χ3v) is 3.82. The zero-order valence-corrected chi connectivity index (χ0v) is 10.1. The number of carbonyl (C=O) groups is 1. The maximum absolute atomic E-state index is 11.3. The first-order valence-corrected chi connectivity index (χ1v) is 6.07. The first kappa shape index (κ1) is 12.1. The molecule has 17 heavy (non-hydrogen) atoms. The van der Waals surface area contributed by atoms with Gasteiger partial charge in [0.15, 0.2) is 0 Å². The van der Waals surface area contributed by atoms with Crippen LogP contribution in [-0.4, -0.2) is 36.1 Å². The fourth-order valence-corrected chi connectivity index (χ4v) is 2.42. The molecule has 1 N–H and O–H groups in total. The summed E-state index contributed by atoms with van der Waals surface area (Å²) >= 11 is 0. The van der Waals surface area contributed by atoms with Crippen LogP contribution in [0.5, 0.6) is 0 Å². The van der Waals surface area contributed by atoms with Gasteiger partial charge in [0.1, 0.15) is 0 Å². The zero-order chi connectivity index (χ0) is 12.3. The van der Waals surface area contributed by atoms with Crippen LogP contribution in [0.15, 0.2) is 18.1 Å². The summed E-state index contributed by atoms with van der Waals surface area (Å²) in [5.41, 5.74) is -0.523. The van der Waals surface area contributed by atoms with Crippen LogP contribution >= 0.6 is 0 Å². The number of aromatic nitrogens is 1. The molecule has 1 aliphatic rings. The molecule has 1 aromatic rings. The number of nitrogens with zero attached hydrogens (tertiary/aromatic N) is 2. The van der Waals surface area contributed by atoms with E-state index in [0.717, 1.165) is 18.9 Å². The molecule has 0 unspecified atom stereocenters. The van der Waals surface area contributed by atoms with Crippen molar-refractivity contribution in [3.63, 3.8) is 0 Å². The van der Waals surface area contributed by atoms with Crippen LogP contribution in [0.25, 0.3) is 0 Å². The van der Waals surface area contributed by atoms with Crippen LogP contribution in [0.2, 0.25) is 0 Å². The van der Waals surface area contributed by atoms with E-state index in [1.165, 1.54) is 0 Å². The molecule has 4 nitrogen and oxygen atoms in total. The Morgan fingerprint density at radius 3 is 2.76 bits per heavy atom.